The van der Waals surface area contributed by atoms with Gasteiger partial charge in [-0.15, -0.1) is 0 Å². The van der Waals surface area contributed by atoms with Crippen molar-refractivity contribution in [3.8, 4) is 5.75 Å². The zero-order valence-corrected chi connectivity index (χ0v) is 39.9. The number of nitrogens with zero attached hydrogens (tertiary/aromatic N) is 7. The van der Waals surface area contributed by atoms with Crippen LogP contribution in [-0.2, 0) is 25.7 Å². The maximum atomic E-state index is 13.3. The van der Waals surface area contributed by atoms with Crippen LogP contribution >= 0.6 is 11.6 Å². The van der Waals surface area contributed by atoms with Crippen LogP contribution in [0.25, 0.3) is 10.9 Å². The predicted octanol–water partition coefficient (Wildman–Crippen LogP) is 5.55. The molecule has 2 aromatic carbocycles. The van der Waals surface area contributed by atoms with E-state index < -0.39 is 6.04 Å². The second kappa shape index (κ2) is 19.0. The fraction of sp³-hybridized carbons (Fsp3) is 0.540. The van der Waals surface area contributed by atoms with Crippen LogP contribution in [0.1, 0.15) is 100 Å². The molecule has 18 heteroatoms. The molecule has 1 spiro atoms. The molecule has 0 unspecified atom stereocenters. The highest BCUT2D eigenvalue weighted by molar-refractivity contribution is 6.33. The van der Waals surface area contributed by atoms with E-state index in [0.29, 0.717) is 52.9 Å². The molecule has 0 radical (unpaired) electrons. The van der Waals surface area contributed by atoms with Crippen LogP contribution in [0.2, 0.25) is 5.02 Å². The monoisotopic (exact) mass is 948 g/mol. The van der Waals surface area contributed by atoms with Crippen LogP contribution in [0.3, 0.4) is 0 Å². The van der Waals surface area contributed by atoms with Crippen molar-refractivity contribution in [1.29, 1.82) is 0 Å². The summed E-state index contributed by atoms with van der Waals surface area (Å²) >= 11 is 6.62. The van der Waals surface area contributed by atoms with E-state index in [-0.39, 0.29) is 60.1 Å². The normalized spacial score (nSPS) is 23.2. The molecule has 1 saturated carbocycles. The van der Waals surface area contributed by atoms with Crippen molar-refractivity contribution in [2.24, 2.45) is 5.41 Å². The first-order valence-electron chi connectivity index (χ1n) is 24.3. The number of hydrogen-bond donors (Lipinski definition) is 3. The lowest BCUT2D eigenvalue weighted by Gasteiger charge is -2.51. The third-order valence-corrected chi connectivity index (χ3v) is 15.7. The number of rotatable bonds is 12. The Morgan fingerprint density at radius 2 is 1.66 bits per heavy atom. The number of fused-ring (bicyclic) bond motifs is 2. The molecule has 2 aromatic heterocycles. The van der Waals surface area contributed by atoms with Gasteiger partial charge in [-0.25, -0.2) is 4.98 Å². The van der Waals surface area contributed by atoms with Gasteiger partial charge in [-0.2, -0.15) is 4.98 Å². The summed E-state index contributed by atoms with van der Waals surface area (Å²) in [5.74, 6) is 0.0812. The molecule has 10 rings (SSSR count). The molecule has 1 aliphatic carbocycles. The minimum atomic E-state index is -0.597. The first kappa shape index (κ1) is 46.0. The number of likely N-dealkylation sites (tertiary alicyclic amines) is 1. The van der Waals surface area contributed by atoms with E-state index in [9.17, 15) is 24.0 Å². The van der Waals surface area contributed by atoms with E-state index in [1.165, 1.54) is 32.7 Å². The Balaban J connectivity index is 0.666. The Hall–Kier alpha value is -5.78. The van der Waals surface area contributed by atoms with Crippen LogP contribution in [-0.4, -0.2) is 125 Å². The summed E-state index contributed by atoms with van der Waals surface area (Å²) in [6.07, 6.45) is 11.5. The molecule has 6 aliphatic rings. The average Bonchev–Trinajstić information content (AvgIpc) is 3.65. The van der Waals surface area contributed by atoms with Gasteiger partial charge in [0.05, 0.1) is 23.9 Å². The standard InChI is InChI=1S/C50H61ClN10O7/c1-30(2)61-40-7-4-33(22-31(40)24-42(48(61)66)67-29-44(63)52-3)54-45-39(51)27-53-49(56-45)59-16-10-36(11-17-59)68-37-25-35(26-37)58-20-14-50(15-21-58)12-18-57(19-13-50)34-5-6-38-32(23-34)28-60(47(38)65)41-8-9-43(62)55-46(41)64/h4-7,22-24,27,30,35-37,41H,8-21,25-26,28-29H2,1-3H3,(H,52,63)(H,53,54,56)(H,55,62,64)/t35?,37?,41-/m1/s1. The van der Waals surface area contributed by atoms with Crippen LogP contribution < -0.4 is 36.0 Å². The Bertz CT molecular complexity index is 2660. The number of halogens is 1. The van der Waals surface area contributed by atoms with Gasteiger partial charge in [0.2, 0.25) is 17.8 Å². The van der Waals surface area contributed by atoms with Crippen LogP contribution in [0.15, 0.2) is 53.5 Å². The number of pyridine rings is 1. The lowest BCUT2D eigenvalue weighted by Crippen LogP contribution is -2.54. The number of piperidine rings is 4. The topological polar surface area (TPSA) is 184 Å². The van der Waals surface area contributed by atoms with Gasteiger partial charge >= 0.3 is 0 Å². The summed E-state index contributed by atoms with van der Waals surface area (Å²) in [5.41, 5.74) is 4.32. The summed E-state index contributed by atoms with van der Waals surface area (Å²) in [4.78, 5) is 80.9. The van der Waals surface area contributed by atoms with Crippen molar-refractivity contribution in [3.63, 3.8) is 0 Å². The first-order valence-corrected chi connectivity index (χ1v) is 24.7. The van der Waals surface area contributed by atoms with Gasteiger partial charge in [0, 0.05) is 80.6 Å². The van der Waals surface area contributed by atoms with E-state index in [2.05, 4.69) is 47.8 Å². The Morgan fingerprint density at radius 1 is 0.912 bits per heavy atom. The summed E-state index contributed by atoms with van der Waals surface area (Å²) < 4.78 is 14.0. The number of carbonyl (C=O) groups excluding carboxylic acids is 4. The van der Waals surface area contributed by atoms with Gasteiger partial charge in [-0.05, 0) is 138 Å². The van der Waals surface area contributed by atoms with E-state index in [1.807, 2.05) is 38.1 Å². The van der Waals surface area contributed by atoms with Crippen molar-refractivity contribution in [1.82, 2.24) is 35.0 Å². The molecule has 4 amide bonds. The lowest BCUT2D eigenvalue weighted by molar-refractivity contribution is -0.137. The molecular weight excluding hydrogens is 888 g/mol. The number of hydrogen-bond acceptors (Lipinski definition) is 13. The second-order valence-corrected chi connectivity index (χ2v) is 20.2. The number of anilines is 4. The van der Waals surface area contributed by atoms with Crippen LogP contribution in [0, 0.1) is 5.41 Å². The number of likely N-dealkylation sites (N-methyl/N-ethyl adjacent to an activating group) is 1. The van der Waals surface area contributed by atoms with Gasteiger partial charge < -0.3 is 44.3 Å². The molecule has 7 heterocycles. The van der Waals surface area contributed by atoms with Gasteiger partial charge in [0.25, 0.3) is 17.4 Å². The Morgan fingerprint density at radius 3 is 2.38 bits per heavy atom. The molecule has 17 nitrogen and oxygen atoms in total. The molecular formula is C50H61ClN10O7. The van der Waals surface area contributed by atoms with E-state index in [0.717, 1.165) is 92.8 Å². The largest absolute Gasteiger partial charge is 0.478 e. The van der Waals surface area contributed by atoms with Crippen LogP contribution in [0.5, 0.6) is 5.75 Å². The van der Waals surface area contributed by atoms with Gasteiger partial charge in [0.1, 0.15) is 11.1 Å². The van der Waals surface area contributed by atoms with Gasteiger partial charge in [-0.3, -0.25) is 29.3 Å². The summed E-state index contributed by atoms with van der Waals surface area (Å²) in [6, 6.07) is 13.3. The molecule has 4 aromatic rings. The Kier molecular flexibility index (Phi) is 12.8. The summed E-state index contributed by atoms with van der Waals surface area (Å²) in [7, 11) is 1.52. The van der Waals surface area contributed by atoms with E-state index >= 15 is 0 Å². The molecule has 5 fully saturated rings. The number of benzene rings is 2. The number of imide groups is 1. The highest BCUT2D eigenvalue weighted by atomic mass is 35.5. The minimum Gasteiger partial charge on any atom is -0.478 e. The van der Waals surface area contributed by atoms with E-state index in [1.54, 1.807) is 21.7 Å². The maximum Gasteiger partial charge on any atom is 0.293 e. The van der Waals surface area contributed by atoms with Gasteiger partial charge in [0.15, 0.2) is 18.2 Å². The summed E-state index contributed by atoms with van der Waals surface area (Å²) in [6.45, 7) is 9.85. The number of amides is 4. The van der Waals surface area contributed by atoms with Crippen LogP contribution in [0.4, 0.5) is 23.1 Å². The maximum absolute atomic E-state index is 13.3. The first-order chi connectivity index (χ1) is 32.8. The summed E-state index contributed by atoms with van der Waals surface area (Å²) in [5, 5.41) is 9.40. The fourth-order valence-electron chi connectivity index (χ4n) is 11.2. The zero-order valence-electron chi connectivity index (χ0n) is 39.1. The number of ether oxygens (including phenoxy) is 2. The van der Waals surface area contributed by atoms with Crippen molar-refractivity contribution in [2.45, 2.75) is 115 Å². The lowest BCUT2D eigenvalue weighted by atomic mass is 9.70. The number of carbonyl (C=O) groups is 4. The molecule has 360 valence electrons. The fourth-order valence-corrected chi connectivity index (χ4v) is 11.4. The highest BCUT2D eigenvalue weighted by Gasteiger charge is 2.44. The Labute approximate surface area is 400 Å². The molecule has 68 heavy (non-hydrogen) atoms. The molecule has 1 atom stereocenters. The molecule has 5 aliphatic heterocycles. The number of nitrogens with one attached hydrogen (secondary N) is 3. The molecule has 0 bridgehead atoms. The van der Waals surface area contributed by atoms with E-state index in [4.69, 9.17) is 26.1 Å². The third-order valence-electron chi connectivity index (χ3n) is 15.4. The second-order valence-electron chi connectivity index (χ2n) is 19.8. The van der Waals surface area contributed by atoms with Crippen molar-refractivity contribution < 1.29 is 28.7 Å². The average molecular weight is 950 g/mol. The van der Waals surface area contributed by atoms with Gasteiger partial charge in [-0.1, -0.05) is 11.6 Å². The van der Waals surface area contributed by atoms with Crippen molar-refractivity contribution in [2.75, 3.05) is 68.0 Å². The third kappa shape index (κ3) is 9.24. The highest BCUT2D eigenvalue weighted by Crippen LogP contribution is 2.45. The molecule has 3 N–H and O–H groups in total. The van der Waals surface area contributed by atoms with Crippen molar-refractivity contribution in [3.05, 3.63) is 75.2 Å². The smallest absolute Gasteiger partial charge is 0.293 e. The number of aromatic nitrogens is 3. The SMILES string of the molecule is CNC(=O)COc1cc2cc(Nc3nc(N4CCC(OC5CC(N6CCC7(CCN(c8ccc9c(c8)CN([C@@H]8CCC(=O)NC8=O)C9=O)CC7)CC6)C5)CC4)ncc3Cl)ccc2n(C(C)C)c1=O. The minimum absolute atomic E-state index is 0.100. The predicted molar refractivity (Wildman–Crippen MR) is 259 cm³/mol. The molecule has 4 saturated heterocycles. The quantitative estimate of drug-likeness (QED) is 0.150. The zero-order chi connectivity index (χ0) is 47.3. The van der Waals surface area contributed by atoms with Crippen molar-refractivity contribution >= 4 is 69.3 Å².